The predicted molar refractivity (Wildman–Crippen MR) is 83.2 cm³/mol. The van der Waals surface area contributed by atoms with Crippen molar-refractivity contribution in [2.24, 2.45) is 0 Å². The van der Waals surface area contributed by atoms with Crippen LogP contribution in [0, 0.1) is 0 Å². The van der Waals surface area contributed by atoms with E-state index in [4.69, 9.17) is 16.3 Å². The van der Waals surface area contributed by atoms with Crippen LogP contribution < -0.4 is 0 Å². The average Bonchev–Trinajstić information content (AvgIpc) is 3.05. The zero-order valence-corrected chi connectivity index (χ0v) is 12.6. The van der Waals surface area contributed by atoms with Gasteiger partial charge in [0.2, 0.25) is 0 Å². The lowest BCUT2D eigenvalue weighted by molar-refractivity contribution is 0.0602. The van der Waals surface area contributed by atoms with Gasteiger partial charge in [0.15, 0.2) is 0 Å². The Morgan fingerprint density at radius 2 is 2.35 bits per heavy atom. The fourth-order valence-electron chi connectivity index (χ4n) is 2.42. The van der Waals surface area contributed by atoms with E-state index in [2.05, 4.69) is 10.6 Å². The number of allylic oxidation sites excluding steroid dienone is 2. The van der Waals surface area contributed by atoms with E-state index < -0.39 is 0 Å². The van der Waals surface area contributed by atoms with Crippen LogP contribution in [0.15, 0.2) is 41.4 Å². The summed E-state index contributed by atoms with van der Waals surface area (Å²) in [7, 11) is 1.40. The molecule has 5 heteroatoms. The number of fused-ring (bicyclic) bond motifs is 1. The van der Waals surface area contributed by atoms with Crippen molar-refractivity contribution in [2.45, 2.75) is 17.7 Å². The first-order valence-electron chi connectivity index (χ1n) is 6.35. The van der Waals surface area contributed by atoms with E-state index in [1.54, 1.807) is 17.8 Å². The number of halogens is 1. The second-order valence-electron chi connectivity index (χ2n) is 4.61. The third kappa shape index (κ3) is 2.45. The number of methoxy groups -OCH3 is 1. The van der Waals surface area contributed by atoms with Crippen molar-refractivity contribution in [1.82, 2.24) is 4.57 Å². The van der Waals surface area contributed by atoms with Crippen molar-refractivity contribution in [1.29, 1.82) is 0 Å². The fraction of sp³-hybridized carbons (Fsp3) is 0.267. The summed E-state index contributed by atoms with van der Waals surface area (Å²) < 4.78 is 7.07. The molecule has 1 atom stereocenters. The van der Waals surface area contributed by atoms with Gasteiger partial charge in [0.1, 0.15) is 0 Å². The number of aromatic nitrogens is 1. The van der Waals surface area contributed by atoms with Crippen LogP contribution in [0.5, 0.6) is 0 Å². The summed E-state index contributed by atoms with van der Waals surface area (Å²) in [5, 5.41) is 1.04. The molecular weight excluding hydrogens is 294 g/mol. The summed E-state index contributed by atoms with van der Waals surface area (Å²) in [6.07, 6.45) is 5.06. The van der Waals surface area contributed by atoms with E-state index in [1.165, 1.54) is 12.0 Å². The number of hydrogen-bond donors (Lipinski definition) is 0. The monoisotopic (exact) mass is 307 g/mol. The Balaban J connectivity index is 2.01. The van der Waals surface area contributed by atoms with E-state index in [0.29, 0.717) is 5.56 Å². The van der Waals surface area contributed by atoms with Crippen LogP contribution in [0.3, 0.4) is 0 Å². The highest BCUT2D eigenvalue weighted by atomic mass is 35.5. The topological polar surface area (TPSA) is 31.2 Å². The molecule has 0 N–H and O–H groups in total. The smallest absolute Gasteiger partial charge is 0.340 e. The highest BCUT2D eigenvalue weighted by molar-refractivity contribution is 8.05. The Bertz CT molecular complexity index is 692. The van der Waals surface area contributed by atoms with Gasteiger partial charge in [-0.1, -0.05) is 18.2 Å². The number of benzene rings is 1. The van der Waals surface area contributed by atoms with Gasteiger partial charge in [0, 0.05) is 16.5 Å². The summed E-state index contributed by atoms with van der Waals surface area (Å²) >= 11 is 7.78. The summed E-state index contributed by atoms with van der Waals surface area (Å²) in [5.41, 5.74) is 1.51. The second kappa shape index (κ2) is 5.54. The van der Waals surface area contributed by atoms with Crippen LogP contribution in [0.1, 0.15) is 16.8 Å². The zero-order valence-electron chi connectivity index (χ0n) is 11.0. The summed E-state index contributed by atoms with van der Waals surface area (Å²) in [4.78, 5) is 13.1. The molecule has 3 rings (SSSR count). The lowest BCUT2D eigenvalue weighted by Gasteiger charge is -2.09. The molecule has 0 saturated carbocycles. The van der Waals surface area contributed by atoms with E-state index in [0.717, 1.165) is 23.9 Å². The largest absolute Gasteiger partial charge is 0.465 e. The molecule has 1 unspecified atom stereocenters. The molecule has 0 fully saturated rings. The van der Waals surface area contributed by atoms with Crippen molar-refractivity contribution >= 4 is 40.2 Å². The van der Waals surface area contributed by atoms with E-state index >= 15 is 0 Å². The van der Waals surface area contributed by atoms with Gasteiger partial charge in [-0.3, -0.25) is 0 Å². The molecule has 0 bridgehead atoms. The van der Waals surface area contributed by atoms with Gasteiger partial charge in [-0.05, 0) is 18.6 Å². The summed E-state index contributed by atoms with van der Waals surface area (Å²) in [6.45, 7) is 0.741. The van der Waals surface area contributed by atoms with Gasteiger partial charge in [-0.15, -0.1) is 23.4 Å². The first-order chi connectivity index (χ1) is 9.69. The Kier molecular flexibility index (Phi) is 3.76. The normalized spacial score (nSPS) is 18.3. The number of para-hydroxylation sites is 1. The molecule has 0 spiro atoms. The average molecular weight is 308 g/mol. The predicted octanol–water partition coefficient (Wildman–Crippen LogP) is 4.01. The highest BCUT2D eigenvalue weighted by Crippen LogP contribution is 2.36. The number of ether oxygens (including phenoxy) is 1. The van der Waals surface area contributed by atoms with Crippen molar-refractivity contribution in [2.75, 3.05) is 7.11 Å². The number of rotatable bonds is 3. The number of hydrogen-bond acceptors (Lipinski definition) is 3. The van der Waals surface area contributed by atoms with Crippen molar-refractivity contribution in [3.8, 4) is 0 Å². The number of nitrogens with zero attached hydrogens (tertiary/aromatic N) is 1. The molecule has 1 aliphatic rings. The molecule has 0 radical (unpaired) electrons. The number of esters is 1. The molecule has 0 amide bonds. The molecule has 2 heterocycles. The number of alkyl halides is 1. The fourth-order valence-corrected chi connectivity index (χ4v) is 3.78. The van der Waals surface area contributed by atoms with Gasteiger partial charge < -0.3 is 9.30 Å². The molecule has 1 aliphatic heterocycles. The SMILES string of the molecule is COC(=O)c1cccc2ccn(CC3=CCC(Cl)S3)c12. The van der Waals surface area contributed by atoms with E-state index in [9.17, 15) is 4.79 Å². The quantitative estimate of drug-likeness (QED) is 0.634. The minimum Gasteiger partial charge on any atom is -0.465 e. The summed E-state index contributed by atoms with van der Waals surface area (Å²) in [6, 6.07) is 7.68. The van der Waals surface area contributed by atoms with Crippen molar-refractivity contribution < 1.29 is 9.53 Å². The summed E-state index contributed by atoms with van der Waals surface area (Å²) in [5.74, 6) is -0.307. The molecule has 0 aliphatic carbocycles. The molecule has 1 aromatic heterocycles. The Hall–Kier alpha value is -1.39. The van der Waals surface area contributed by atoms with E-state index in [-0.39, 0.29) is 10.7 Å². The minimum absolute atomic E-state index is 0.131. The Morgan fingerprint density at radius 1 is 1.50 bits per heavy atom. The van der Waals surface area contributed by atoms with Gasteiger partial charge in [0.05, 0.1) is 29.4 Å². The van der Waals surface area contributed by atoms with Crippen LogP contribution in [-0.4, -0.2) is 22.4 Å². The molecule has 3 nitrogen and oxygen atoms in total. The van der Waals surface area contributed by atoms with Crippen molar-refractivity contribution in [3.63, 3.8) is 0 Å². The molecule has 2 aromatic rings. The Labute approximate surface area is 126 Å². The first kappa shape index (κ1) is 13.6. The lowest BCUT2D eigenvalue weighted by Crippen LogP contribution is -2.06. The third-order valence-corrected chi connectivity index (χ3v) is 4.82. The number of thioether (sulfide) groups is 1. The van der Waals surface area contributed by atoms with Crippen LogP contribution in [0.4, 0.5) is 0 Å². The highest BCUT2D eigenvalue weighted by Gasteiger charge is 2.18. The Morgan fingerprint density at radius 3 is 3.05 bits per heavy atom. The van der Waals surface area contributed by atoms with Crippen LogP contribution in [-0.2, 0) is 11.3 Å². The van der Waals surface area contributed by atoms with Crippen LogP contribution in [0.2, 0.25) is 0 Å². The molecular formula is C15H14ClNO2S. The van der Waals surface area contributed by atoms with Gasteiger partial charge >= 0.3 is 5.97 Å². The van der Waals surface area contributed by atoms with E-state index in [1.807, 2.05) is 24.4 Å². The third-order valence-electron chi connectivity index (χ3n) is 3.33. The zero-order chi connectivity index (χ0) is 14.1. The maximum absolute atomic E-state index is 11.9. The van der Waals surface area contributed by atoms with Crippen LogP contribution in [0.25, 0.3) is 10.9 Å². The van der Waals surface area contributed by atoms with Crippen molar-refractivity contribution in [3.05, 3.63) is 47.0 Å². The first-order valence-corrected chi connectivity index (χ1v) is 7.66. The lowest BCUT2D eigenvalue weighted by atomic mass is 10.1. The van der Waals surface area contributed by atoms with Crippen LogP contribution >= 0.6 is 23.4 Å². The number of carbonyl (C=O) groups excluding carboxylic acids is 1. The van der Waals surface area contributed by atoms with Gasteiger partial charge in [-0.25, -0.2) is 4.79 Å². The second-order valence-corrected chi connectivity index (χ2v) is 6.73. The molecule has 104 valence electrons. The molecule has 0 saturated heterocycles. The minimum atomic E-state index is -0.307. The molecule has 20 heavy (non-hydrogen) atoms. The van der Waals surface area contributed by atoms with Gasteiger partial charge in [0.25, 0.3) is 0 Å². The standard InChI is InChI=1S/C15H14ClNO2S/c1-19-15(18)12-4-2-3-10-7-8-17(14(10)12)9-11-5-6-13(16)20-11/h2-5,7-8,13H,6,9H2,1H3. The number of carbonyl (C=O) groups is 1. The maximum Gasteiger partial charge on any atom is 0.340 e. The maximum atomic E-state index is 11.9. The van der Waals surface area contributed by atoms with Gasteiger partial charge in [-0.2, -0.15) is 0 Å². The molecule has 1 aromatic carbocycles.